The summed E-state index contributed by atoms with van der Waals surface area (Å²) in [5.41, 5.74) is 1.64. The Bertz CT molecular complexity index is 614. The standard InChI is InChI=1S/C10H9ClN6/c11-7-4-12-5-8(14-7)15-10-9-6(16-17-10)2-1-3-13-9/h1-3,5,12H,4H2,(H2,15,16,17). The van der Waals surface area contributed by atoms with Gasteiger partial charge in [-0.25, -0.2) is 4.99 Å². The number of hydrogen-bond donors (Lipinski definition) is 3. The molecule has 0 fully saturated rings. The van der Waals surface area contributed by atoms with E-state index in [0.717, 1.165) is 11.0 Å². The van der Waals surface area contributed by atoms with Gasteiger partial charge in [0.2, 0.25) is 0 Å². The number of halogens is 1. The Morgan fingerprint density at radius 1 is 1.41 bits per heavy atom. The second-order valence-electron chi connectivity index (χ2n) is 3.50. The highest BCUT2D eigenvalue weighted by molar-refractivity contribution is 6.66. The molecule has 0 saturated carbocycles. The Balaban J connectivity index is 1.93. The Kier molecular flexibility index (Phi) is 2.41. The molecule has 3 heterocycles. The molecule has 2 aromatic rings. The molecule has 0 bridgehead atoms. The van der Waals surface area contributed by atoms with Gasteiger partial charge in [-0.3, -0.25) is 10.1 Å². The van der Waals surface area contributed by atoms with Gasteiger partial charge in [0.15, 0.2) is 5.82 Å². The van der Waals surface area contributed by atoms with Crippen LogP contribution >= 0.6 is 11.6 Å². The molecule has 1 aliphatic heterocycles. The van der Waals surface area contributed by atoms with E-state index < -0.39 is 0 Å². The molecule has 7 heteroatoms. The van der Waals surface area contributed by atoms with Gasteiger partial charge in [-0.15, -0.1) is 0 Å². The second-order valence-corrected chi connectivity index (χ2v) is 3.93. The van der Waals surface area contributed by atoms with Gasteiger partial charge in [0.25, 0.3) is 0 Å². The van der Waals surface area contributed by atoms with Gasteiger partial charge in [0, 0.05) is 12.4 Å². The van der Waals surface area contributed by atoms with Crippen LogP contribution in [-0.4, -0.2) is 26.9 Å². The molecular weight excluding hydrogens is 240 g/mol. The van der Waals surface area contributed by atoms with E-state index in [-0.39, 0.29) is 0 Å². The topological polar surface area (TPSA) is 78.0 Å². The molecule has 3 rings (SSSR count). The minimum absolute atomic E-state index is 0.503. The summed E-state index contributed by atoms with van der Waals surface area (Å²) in [7, 11) is 0. The predicted molar refractivity (Wildman–Crippen MR) is 66.9 cm³/mol. The van der Waals surface area contributed by atoms with Crippen LogP contribution in [0.4, 0.5) is 5.82 Å². The average molecular weight is 249 g/mol. The SMILES string of the molecule is ClC1=NC(Nc2n[nH]c3cccnc23)=CNC1. The lowest BCUT2D eigenvalue weighted by atomic mass is 10.4. The van der Waals surface area contributed by atoms with E-state index in [0.29, 0.717) is 23.4 Å². The molecule has 86 valence electrons. The highest BCUT2D eigenvalue weighted by atomic mass is 35.5. The number of hydrogen-bond acceptors (Lipinski definition) is 5. The maximum absolute atomic E-state index is 5.83. The van der Waals surface area contributed by atoms with Crippen molar-refractivity contribution in [3.05, 3.63) is 30.4 Å². The summed E-state index contributed by atoms with van der Waals surface area (Å²) < 4.78 is 0. The summed E-state index contributed by atoms with van der Waals surface area (Å²) in [4.78, 5) is 8.39. The minimum Gasteiger partial charge on any atom is -0.381 e. The van der Waals surface area contributed by atoms with E-state index in [1.165, 1.54) is 0 Å². The third-order valence-electron chi connectivity index (χ3n) is 2.30. The first-order chi connectivity index (χ1) is 8.33. The lowest BCUT2D eigenvalue weighted by molar-refractivity contribution is 0.966. The van der Waals surface area contributed by atoms with Gasteiger partial charge in [-0.1, -0.05) is 11.6 Å². The number of aromatic amines is 1. The second kappa shape index (κ2) is 4.06. The van der Waals surface area contributed by atoms with E-state index in [1.807, 2.05) is 12.1 Å². The predicted octanol–water partition coefficient (Wildman–Crippen LogP) is 1.41. The Hall–Kier alpha value is -2.08. The molecule has 0 aromatic carbocycles. The first kappa shape index (κ1) is 10.1. The summed E-state index contributed by atoms with van der Waals surface area (Å²) in [5.74, 6) is 1.24. The van der Waals surface area contributed by atoms with Gasteiger partial charge >= 0.3 is 0 Å². The number of nitrogens with one attached hydrogen (secondary N) is 3. The molecule has 0 saturated heterocycles. The van der Waals surface area contributed by atoms with Crippen molar-refractivity contribution in [1.82, 2.24) is 20.5 Å². The molecule has 2 aromatic heterocycles. The zero-order chi connectivity index (χ0) is 11.7. The van der Waals surface area contributed by atoms with Gasteiger partial charge in [-0.05, 0) is 12.1 Å². The number of anilines is 1. The Morgan fingerprint density at radius 3 is 3.24 bits per heavy atom. The smallest absolute Gasteiger partial charge is 0.180 e. The summed E-state index contributed by atoms with van der Waals surface area (Å²) in [6, 6.07) is 3.75. The van der Waals surface area contributed by atoms with Crippen LogP contribution in [0.15, 0.2) is 35.3 Å². The molecule has 17 heavy (non-hydrogen) atoms. The number of aromatic nitrogens is 3. The number of pyridine rings is 1. The molecule has 0 amide bonds. The molecule has 3 N–H and O–H groups in total. The first-order valence-electron chi connectivity index (χ1n) is 5.06. The monoisotopic (exact) mass is 248 g/mol. The highest BCUT2D eigenvalue weighted by Gasteiger charge is 2.09. The summed E-state index contributed by atoms with van der Waals surface area (Å²) in [6.07, 6.45) is 3.46. The summed E-state index contributed by atoms with van der Waals surface area (Å²) in [6.45, 7) is 0.548. The van der Waals surface area contributed by atoms with Gasteiger partial charge in [0.05, 0.1) is 12.1 Å². The third-order valence-corrected chi connectivity index (χ3v) is 2.51. The van der Waals surface area contributed by atoms with E-state index >= 15 is 0 Å². The lowest BCUT2D eigenvalue weighted by Crippen LogP contribution is -2.20. The molecule has 0 spiro atoms. The fraction of sp³-hybridized carbons (Fsp3) is 0.100. The molecule has 0 radical (unpaired) electrons. The van der Waals surface area contributed by atoms with Gasteiger partial charge < -0.3 is 10.6 Å². The molecule has 1 aliphatic rings. The molecule has 0 atom stereocenters. The van der Waals surface area contributed by atoms with E-state index in [9.17, 15) is 0 Å². The minimum atomic E-state index is 0.503. The van der Waals surface area contributed by atoms with Crippen LogP contribution in [0.5, 0.6) is 0 Å². The van der Waals surface area contributed by atoms with Crippen LogP contribution in [0.1, 0.15) is 0 Å². The van der Waals surface area contributed by atoms with E-state index in [1.54, 1.807) is 12.4 Å². The summed E-state index contributed by atoms with van der Waals surface area (Å²) in [5, 5.41) is 13.6. The van der Waals surface area contributed by atoms with Crippen molar-refractivity contribution in [2.45, 2.75) is 0 Å². The molecule has 0 aliphatic carbocycles. The highest BCUT2D eigenvalue weighted by Crippen LogP contribution is 2.19. The van der Waals surface area contributed by atoms with Gasteiger partial charge in [-0.2, -0.15) is 5.10 Å². The van der Waals surface area contributed by atoms with Crippen LogP contribution < -0.4 is 10.6 Å². The van der Waals surface area contributed by atoms with Crippen LogP contribution in [0.25, 0.3) is 11.0 Å². The van der Waals surface area contributed by atoms with Crippen molar-refractivity contribution in [2.24, 2.45) is 4.99 Å². The van der Waals surface area contributed by atoms with Crippen molar-refractivity contribution >= 4 is 33.6 Å². The van der Waals surface area contributed by atoms with Crippen LogP contribution in [-0.2, 0) is 0 Å². The lowest BCUT2D eigenvalue weighted by Gasteiger charge is -2.10. The maximum Gasteiger partial charge on any atom is 0.180 e. The number of fused-ring (bicyclic) bond motifs is 1. The van der Waals surface area contributed by atoms with Crippen molar-refractivity contribution < 1.29 is 0 Å². The molecule has 0 unspecified atom stereocenters. The fourth-order valence-corrected chi connectivity index (χ4v) is 1.73. The largest absolute Gasteiger partial charge is 0.381 e. The maximum atomic E-state index is 5.83. The van der Waals surface area contributed by atoms with Crippen LogP contribution in [0, 0.1) is 0 Å². The molecular formula is C10H9ClN6. The first-order valence-corrected chi connectivity index (χ1v) is 5.43. The Labute approximate surface area is 102 Å². The van der Waals surface area contributed by atoms with Crippen molar-refractivity contribution in [2.75, 3.05) is 11.9 Å². The van der Waals surface area contributed by atoms with Crippen molar-refractivity contribution in [1.29, 1.82) is 0 Å². The fourth-order valence-electron chi connectivity index (χ4n) is 1.56. The zero-order valence-electron chi connectivity index (χ0n) is 8.74. The van der Waals surface area contributed by atoms with Crippen molar-refractivity contribution in [3.63, 3.8) is 0 Å². The zero-order valence-corrected chi connectivity index (χ0v) is 9.49. The van der Waals surface area contributed by atoms with Crippen molar-refractivity contribution in [3.8, 4) is 0 Å². The quantitative estimate of drug-likeness (QED) is 0.751. The average Bonchev–Trinajstić information content (AvgIpc) is 2.73. The van der Waals surface area contributed by atoms with Crippen LogP contribution in [0.3, 0.4) is 0 Å². The number of aliphatic imine (C=N–C) groups is 1. The summed E-state index contributed by atoms with van der Waals surface area (Å²) >= 11 is 5.83. The van der Waals surface area contributed by atoms with Crippen LogP contribution in [0.2, 0.25) is 0 Å². The van der Waals surface area contributed by atoms with Gasteiger partial charge in [0.1, 0.15) is 16.5 Å². The molecule has 6 nitrogen and oxygen atoms in total. The normalized spacial score (nSPS) is 15.1. The van der Waals surface area contributed by atoms with E-state index in [2.05, 4.69) is 30.8 Å². The third kappa shape index (κ3) is 1.94. The Morgan fingerprint density at radius 2 is 2.35 bits per heavy atom. The number of H-pyrrole nitrogens is 1. The number of nitrogens with zero attached hydrogens (tertiary/aromatic N) is 3. The van der Waals surface area contributed by atoms with E-state index in [4.69, 9.17) is 11.6 Å². The number of rotatable bonds is 2.